The number of ether oxygens (including phenoxy) is 1. The predicted octanol–water partition coefficient (Wildman–Crippen LogP) is -0.412. The average molecular weight is 283 g/mol. The Kier molecular flexibility index (Phi) is 4.13. The van der Waals surface area contributed by atoms with Crippen LogP contribution in [0, 0.1) is 0 Å². The molecule has 0 aliphatic carbocycles. The van der Waals surface area contributed by atoms with Crippen molar-refractivity contribution in [2.75, 3.05) is 13.7 Å². The molecule has 2 heterocycles. The minimum absolute atomic E-state index is 0.0435. The highest BCUT2D eigenvalue weighted by Crippen LogP contribution is 2.11. The summed E-state index contributed by atoms with van der Waals surface area (Å²) in [5, 5.41) is 13.3. The first-order chi connectivity index (χ1) is 9.13. The number of aromatic nitrogens is 2. The number of hydrogen-bond donors (Lipinski definition) is 2. The minimum Gasteiger partial charge on any atom is -0.467 e. The first-order valence-electron chi connectivity index (χ1n) is 5.53. The smallest absolute Gasteiger partial charge is 0.330 e. The number of esters is 1. The maximum absolute atomic E-state index is 11.7. The van der Waals surface area contributed by atoms with Crippen molar-refractivity contribution in [2.24, 2.45) is 0 Å². The van der Waals surface area contributed by atoms with Crippen LogP contribution in [0.3, 0.4) is 0 Å². The van der Waals surface area contributed by atoms with Gasteiger partial charge in [-0.2, -0.15) is 0 Å². The molecule has 0 saturated heterocycles. The second-order valence-corrected chi connectivity index (χ2v) is 4.70. The van der Waals surface area contributed by atoms with Gasteiger partial charge >= 0.3 is 5.97 Å². The van der Waals surface area contributed by atoms with Gasteiger partial charge in [0.25, 0.3) is 0 Å². The molecule has 0 aliphatic heterocycles. The van der Waals surface area contributed by atoms with E-state index in [0.717, 1.165) is 4.96 Å². The second kappa shape index (κ2) is 5.81. The van der Waals surface area contributed by atoms with Crippen molar-refractivity contribution in [2.45, 2.75) is 12.5 Å². The first-order valence-corrected chi connectivity index (χ1v) is 6.41. The van der Waals surface area contributed by atoms with E-state index in [1.165, 1.54) is 18.4 Å². The number of aliphatic hydroxyl groups is 1. The lowest BCUT2D eigenvalue weighted by molar-refractivity contribution is -0.146. The van der Waals surface area contributed by atoms with Gasteiger partial charge in [-0.25, -0.2) is 9.78 Å². The van der Waals surface area contributed by atoms with Crippen LogP contribution in [0.4, 0.5) is 0 Å². The lowest BCUT2D eigenvalue weighted by Gasteiger charge is -2.13. The summed E-state index contributed by atoms with van der Waals surface area (Å²) in [4.78, 5) is 28.0. The van der Waals surface area contributed by atoms with Gasteiger partial charge in [-0.1, -0.05) is 0 Å². The largest absolute Gasteiger partial charge is 0.467 e. The van der Waals surface area contributed by atoms with Crippen LogP contribution in [-0.2, 0) is 20.7 Å². The van der Waals surface area contributed by atoms with E-state index in [-0.39, 0.29) is 6.42 Å². The average Bonchev–Trinajstić information content (AvgIpc) is 2.95. The highest BCUT2D eigenvalue weighted by atomic mass is 32.1. The third kappa shape index (κ3) is 3.09. The molecule has 1 amide bonds. The van der Waals surface area contributed by atoms with Crippen LogP contribution < -0.4 is 5.32 Å². The lowest BCUT2D eigenvalue weighted by Crippen LogP contribution is -2.44. The number of nitrogens with zero attached hydrogens (tertiary/aromatic N) is 2. The number of amides is 1. The molecule has 102 valence electrons. The van der Waals surface area contributed by atoms with Gasteiger partial charge in [0, 0.05) is 17.8 Å². The van der Waals surface area contributed by atoms with Crippen LogP contribution in [0.5, 0.6) is 0 Å². The van der Waals surface area contributed by atoms with Gasteiger partial charge in [-0.15, -0.1) is 11.3 Å². The Balaban J connectivity index is 1.97. The van der Waals surface area contributed by atoms with Gasteiger partial charge in [0.15, 0.2) is 11.0 Å². The summed E-state index contributed by atoms with van der Waals surface area (Å²) in [5.74, 6) is -1.07. The molecule has 2 N–H and O–H groups in total. The molecule has 0 fully saturated rings. The molecule has 0 saturated carbocycles. The van der Waals surface area contributed by atoms with Gasteiger partial charge in [-0.05, 0) is 0 Å². The summed E-state index contributed by atoms with van der Waals surface area (Å²) in [6, 6.07) is -1.04. The van der Waals surface area contributed by atoms with E-state index in [1.54, 1.807) is 6.20 Å². The van der Waals surface area contributed by atoms with Crippen molar-refractivity contribution in [1.82, 2.24) is 14.7 Å². The lowest BCUT2D eigenvalue weighted by atomic mass is 10.2. The summed E-state index contributed by atoms with van der Waals surface area (Å²) < 4.78 is 6.27. The van der Waals surface area contributed by atoms with Crippen LogP contribution in [-0.4, -0.2) is 46.1 Å². The molecular weight excluding hydrogens is 270 g/mol. The van der Waals surface area contributed by atoms with Crippen LogP contribution in [0.2, 0.25) is 0 Å². The number of rotatable bonds is 5. The van der Waals surface area contributed by atoms with Gasteiger partial charge in [0.2, 0.25) is 5.91 Å². The predicted molar refractivity (Wildman–Crippen MR) is 67.8 cm³/mol. The van der Waals surface area contributed by atoms with Crippen LogP contribution >= 0.6 is 11.3 Å². The van der Waals surface area contributed by atoms with E-state index in [4.69, 9.17) is 5.11 Å². The summed E-state index contributed by atoms with van der Waals surface area (Å²) in [7, 11) is 1.20. The molecule has 2 rings (SSSR count). The Labute approximate surface area is 112 Å². The fourth-order valence-corrected chi connectivity index (χ4v) is 2.31. The Bertz CT molecular complexity index is 563. The van der Waals surface area contributed by atoms with Gasteiger partial charge in [-0.3, -0.25) is 9.20 Å². The van der Waals surface area contributed by atoms with Crippen molar-refractivity contribution in [3.8, 4) is 0 Å². The summed E-state index contributed by atoms with van der Waals surface area (Å²) >= 11 is 1.47. The molecule has 7 nitrogen and oxygen atoms in total. The fraction of sp³-hybridized carbons (Fsp3) is 0.364. The Morgan fingerprint density at radius 1 is 1.63 bits per heavy atom. The molecule has 1 atom stereocenters. The van der Waals surface area contributed by atoms with Crippen molar-refractivity contribution >= 4 is 28.2 Å². The van der Waals surface area contributed by atoms with Crippen molar-refractivity contribution in [3.05, 3.63) is 23.5 Å². The van der Waals surface area contributed by atoms with Crippen molar-refractivity contribution in [3.63, 3.8) is 0 Å². The van der Waals surface area contributed by atoms with Gasteiger partial charge < -0.3 is 15.2 Å². The number of carbonyl (C=O) groups is 2. The van der Waals surface area contributed by atoms with Crippen molar-refractivity contribution < 1.29 is 19.4 Å². The number of imidazole rings is 1. The highest BCUT2D eigenvalue weighted by Gasteiger charge is 2.20. The minimum atomic E-state index is -1.04. The van der Waals surface area contributed by atoms with Crippen LogP contribution in [0.15, 0.2) is 17.8 Å². The fourth-order valence-electron chi connectivity index (χ4n) is 1.59. The topological polar surface area (TPSA) is 92.9 Å². The Morgan fingerprint density at radius 3 is 3.05 bits per heavy atom. The molecule has 0 aromatic carbocycles. The second-order valence-electron chi connectivity index (χ2n) is 3.83. The molecule has 0 spiro atoms. The molecule has 0 radical (unpaired) electrons. The summed E-state index contributed by atoms with van der Waals surface area (Å²) in [6.45, 7) is -0.503. The van der Waals surface area contributed by atoms with Crippen LogP contribution in [0.25, 0.3) is 4.96 Å². The zero-order chi connectivity index (χ0) is 13.8. The number of aliphatic hydroxyl groups excluding tert-OH is 1. The summed E-state index contributed by atoms with van der Waals surface area (Å²) in [5.41, 5.74) is 0.603. The maximum Gasteiger partial charge on any atom is 0.330 e. The van der Waals surface area contributed by atoms with E-state index in [9.17, 15) is 9.59 Å². The molecule has 2 aromatic heterocycles. The number of thiazole rings is 1. The zero-order valence-electron chi connectivity index (χ0n) is 10.2. The third-order valence-corrected chi connectivity index (χ3v) is 3.26. The number of nitrogens with one attached hydrogen (secondary N) is 1. The van der Waals surface area contributed by atoms with E-state index in [2.05, 4.69) is 15.0 Å². The van der Waals surface area contributed by atoms with Crippen molar-refractivity contribution in [1.29, 1.82) is 0 Å². The Morgan fingerprint density at radius 2 is 2.42 bits per heavy atom. The molecule has 19 heavy (non-hydrogen) atoms. The maximum atomic E-state index is 11.7. The third-order valence-electron chi connectivity index (χ3n) is 2.49. The number of fused-ring (bicyclic) bond motifs is 1. The Hall–Kier alpha value is -1.93. The molecule has 2 aromatic rings. The number of carbonyl (C=O) groups excluding carboxylic acids is 2. The molecular formula is C11H13N3O4S. The first kappa shape index (κ1) is 13.5. The van der Waals surface area contributed by atoms with E-state index in [1.807, 2.05) is 16.0 Å². The van der Waals surface area contributed by atoms with E-state index in [0.29, 0.717) is 5.69 Å². The quantitative estimate of drug-likeness (QED) is 0.728. The monoisotopic (exact) mass is 283 g/mol. The summed E-state index contributed by atoms with van der Waals surface area (Å²) in [6.07, 6.45) is 3.64. The normalized spacial score (nSPS) is 12.3. The highest BCUT2D eigenvalue weighted by molar-refractivity contribution is 7.15. The SMILES string of the molecule is COC(=O)C(CO)NC(=O)Cc1cn2ccsc2n1. The van der Waals surface area contributed by atoms with Crippen LogP contribution in [0.1, 0.15) is 5.69 Å². The zero-order valence-corrected chi connectivity index (χ0v) is 11.0. The molecule has 1 unspecified atom stereocenters. The molecule has 0 aliphatic rings. The van der Waals surface area contributed by atoms with E-state index < -0.39 is 24.5 Å². The standard InChI is InChI=1S/C11H13N3O4S/c1-18-10(17)8(6-15)13-9(16)4-7-5-14-2-3-19-11(14)12-7/h2-3,5,8,15H,4,6H2,1H3,(H,13,16). The van der Waals surface area contributed by atoms with Gasteiger partial charge in [0.1, 0.15) is 0 Å². The number of hydrogen-bond acceptors (Lipinski definition) is 6. The van der Waals surface area contributed by atoms with E-state index >= 15 is 0 Å². The molecule has 0 bridgehead atoms. The number of methoxy groups -OCH3 is 1. The van der Waals surface area contributed by atoms with Gasteiger partial charge in [0.05, 0.1) is 25.8 Å². The molecule has 8 heteroatoms.